The number of carbonyl (C=O) groups excluding carboxylic acids is 2. The SMILES string of the molecule is CCN(CC)Cc1csc(NC(=O)c2cccc3c2NC(=O)CO3)n1. The van der Waals surface area contributed by atoms with E-state index >= 15 is 0 Å². The van der Waals surface area contributed by atoms with Crippen molar-refractivity contribution in [1.82, 2.24) is 9.88 Å². The molecule has 2 heterocycles. The first-order valence-corrected chi connectivity index (χ1v) is 9.02. The predicted molar refractivity (Wildman–Crippen MR) is 97.3 cm³/mol. The van der Waals surface area contributed by atoms with Gasteiger partial charge in [-0.25, -0.2) is 4.98 Å². The number of hydrogen-bond acceptors (Lipinski definition) is 6. The minimum Gasteiger partial charge on any atom is -0.482 e. The molecule has 7 nitrogen and oxygen atoms in total. The normalized spacial score (nSPS) is 13.2. The maximum absolute atomic E-state index is 12.6. The Morgan fingerprint density at radius 3 is 2.96 bits per heavy atom. The summed E-state index contributed by atoms with van der Waals surface area (Å²) in [7, 11) is 0. The van der Waals surface area contributed by atoms with Gasteiger partial charge in [-0.3, -0.25) is 19.8 Å². The second-order valence-corrected chi connectivity index (χ2v) is 6.43. The molecule has 0 saturated carbocycles. The fourth-order valence-corrected chi connectivity index (χ4v) is 3.26. The summed E-state index contributed by atoms with van der Waals surface area (Å²) in [5.74, 6) is -0.108. The van der Waals surface area contributed by atoms with Crippen molar-refractivity contribution in [2.75, 3.05) is 30.3 Å². The number of aromatic nitrogens is 1. The van der Waals surface area contributed by atoms with Crippen LogP contribution in [0.4, 0.5) is 10.8 Å². The third kappa shape index (κ3) is 3.97. The first-order chi connectivity index (χ1) is 12.1. The molecular formula is C17H20N4O3S. The molecule has 0 unspecified atom stereocenters. The fraction of sp³-hybridized carbons (Fsp3) is 0.353. The van der Waals surface area contributed by atoms with Gasteiger partial charge in [0.05, 0.1) is 16.9 Å². The maximum atomic E-state index is 12.6. The van der Waals surface area contributed by atoms with E-state index in [4.69, 9.17) is 4.74 Å². The van der Waals surface area contributed by atoms with Crippen LogP contribution >= 0.6 is 11.3 Å². The number of hydrogen-bond donors (Lipinski definition) is 2. The lowest BCUT2D eigenvalue weighted by Gasteiger charge is -2.20. The van der Waals surface area contributed by atoms with Crippen molar-refractivity contribution < 1.29 is 14.3 Å². The van der Waals surface area contributed by atoms with Crippen molar-refractivity contribution >= 4 is 34.0 Å². The van der Waals surface area contributed by atoms with E-state index in [1.165, 1.54) is 11.3 Å². The van der Waals surface area contributed by atoms with Crippen LogP contribution < -0.4 is 15.4 Å². The number of thiazole rings is 1. The van der Waals surface area contributed by atoms with Crippen LogP contribution in [0.15, 0.2) is 23.6 Å². The molecule has 25 heavy (non-hydrogen) atoms. The first-order valence-electron chi connectivity index (χ1n) is 8.14. The molecule has 0 spiro atoms. The molecule has 2 aromatic rings. The number of para-hydroxylation sites is 1. The van der Waals surface area contributed by atoms with Crippen LogP contribution in [-0.2, 0) is 11.3 Å². The van der Waals surface area contributed by atoms with Crippen molar-refractivity contribution in [3.8, 4) is 5.75 Å². The van der Waals surface area contributed by atoms with Crippen molar-refractivity contribution in [2.45, 2.75) is 20.4 Å². The molecule has 2 amide bonds. The van der Waals surface area contributed by atoms with Gasteiger partial charge in [-0.05, 0) is 25.2 Å². The Hall–Kier alpha value is -2.45. The van der Waals surface area contributed by atoms with Crippen LogP contribution in [0, 0.1) is 0 Å². The average molecular weight is 360 g/mol. The van der Waals surface area contributed by atoms with Gasteiger partial charge < -0.3 is 10.1 Å². The van der Waals surface area contributed by atoms with Gasteiger partial charge in [0.1, 0.15) is 5.75 Å². The van der Waals surface area contributed by atoms with E-state index in [9.17, 15) is 9.59 Å². The predicted octanol–water partition coefficient (Wildman–Crippen LogP) is 2.57. The molecule has 0 fully saturated rings. The summed E-state index contributed by atoms with van der Waals surface area (Å²) in [6.45, 7) is 6.82. The number of rotatable bonds is 6. The van der Waals surface area contributed by atoms with Gasteiger partial charge in [0, 0.05) is 11.9 Å². The third-order valence-electron chi connectivity index (χ3n) is 3.95. The zero-order valence-corrected chi connectivity index (χ0v) is 15.0. The summed E-state index contributed by atoms with van der Waals surface area (Å²) in [5, 5.41) is 7.97. The molecule has 1 aliphatic rings. The second-order valence-electron chi connectivity index (χ2n) is 5.58. The molecule has 1 aromatic carbocycles. The maximum Gasteiger partial charge on any atom is 0.262 e. The van der Waals surface area contributed by atoms with Gasteiger partial charge in [0.2, 0.25) is 0 Å². The molecule has 0 radical (unpaired) electrons. The van der Waals surface area contributed by atoms with Crippen LogP contribution in [-0.4, -0.2) is 41.4 Å². The van der Waals surface area contributed by atoms with Gasteiger partial charge in [0.25, 0.3) is 11.8 Å². The highest BCUT2D eigenvalue weighted by Gasteiger charge is 2.22. The largest absolute Gasteiger partial charge is 0.482 e. The quantitative estimate of drug-likeness (QED) is 0.827. The topological polar surface area (TPSA) is 83.6 Å². The molecule has 0 atom stereocenters. The number of benzene rings is 1. The Kier molecular flexibility index (Phi) is 5.30. The van der Waals surface area contributed by atoms with Crippen molar-refractivity contribution in [1.29, 1.82) is 0 Å². The van der Waals surface area contributed by atoms with Crippen LogP contribution in [0.3, 0.4) is 0 Å². The number of nitrogens with zero attached hydrogens (tertiary/aromatic N) is 2. The Labute approximate surface area is 150 Å². The minimum atomic E-state index is -0.327. The number of anilines is 2. The van der Waals surface area contributed by atoms with E-state index in [0.29, 0.717) is 22.1 Å². The summed E-state index contributed by atoms with van der Waals surface area (Å²) < 4.78 is 5.34. The standard InChI is InChI=1S/C17H20N4O3S/c1-3-21(4-2)8-11-10-25-17(18-11)20-16(23)12-6-5-7-13-15(12)19-14(22)9-24-13/h5-7,10H,3-4,8-9H2,1-2H3,(H,19,22)(H,18,20,23). The van der Waals surface area contributed by atoms with Gasteiger partial charge in [0.15, 0.2) is 11.7 Å². The van der Waals surface area contributed by atoms with Gasteiger partial charge >= 0.3 is 0 Å². The van der Waals surface area contributed by atoms with E-state index in [1.54, 1.807) is 18.2 Å². The molecule has 0 aliphatic carbocycles. The van der Waals surface area contributed by atoms with Gasteiger partial charge in [-0.1, -0.05) is 19.9 Å². The van der Waals surface area contributed by atoms with E-state index < -0.39 is 0 Å². The highest BCUT2D eigenvalue weighted by molar-refractivity contribution is 7.14. The van der Waals surface area contributed by atoms with Crippen molar-refractivity contribution in [2.24, 2.45) is 0 Å². The number of ether oxygens (including phenoxy) is 1. The van der Waals surface area contributed by atoms with Crippen molar-refractivity contribution in [3.63, 3.8) is 0 Å². The summed E-state index contributed by atoms with van der Waals surface area (Å²) in [6.07, 6.45) is 0. The Morgan fingerprint density at radius 1 is 1.40 bits per heavy atom. The lowest BCUT2D eigenvalue weighted by atomic mass is 10.1. The highest BCUT2D eigenvalue weighted by atomic mass is 32.1. The summed E-state index contributed by atoms with van der Waals surface area (Å²) in [6, 6.07) is 5.09. The number of fused-ring (bicyclic) bond motifs is 1. The third-order valence-corrected chi connectivity index (χ3v) is 4.75. The smallest absolute Gasteiger partial charge is 0.262 e. The molecular weight excluding hydrogens is 340 g/mol. The summed E-state index contributed by atoms with van der Waals surface area (Å²) in [4.78, 5) is 30.8. The lowest BCUT2D eigenvalue weighted by Crippen LogP contribution is -2.27. The molecule has 1 aliphatic heterocycles. The summed E-state index contributed by atoms with van der Waals surface area (Å²) >= 11 is 1.39. The van der Waals surface area contributed by atoms with E-state index in [0.717, 1.165) is 25.3 Å². The first kappa shape index (κ1) is 17.4. The van der Waals surface area contributed by atoms with Gasteiger partial charge in [-0.15, -0.1) is 11.3 Å². The Morgan fingerprint density at radius 2 is 2.20 bits per heavy atom. The lowest BCUT2D eigenvalue weighted by molar-refractivity contribution is -0.118. The van der Waals surface area contributed by atoms with Gasteiger partial charge in [-0.2, -0.15) is 0 Å². The highest BCUT2D eigenvalue weighted by Crippen LogP contribution is 2.31. The van der Waals surface area contributed by atoms with Crippen molar-refractivity contribution in [3.05, 3.63) is 34.8 Å². The van der Waals surface area contributed by atoms with E-state index in [-0.39, 0.29) is 18.4 Å². The second kappa shape index (κ2) is 7.62. The fourth-order valence-electron chi connectivity index (χ4n) is 2.57. The average Bonchev–Trinajstić information content (AvgIpc) is 3.05. The van der Waals surface area contributed by atoms with E-state index in [2.05, 4.69) is 34.4 Å². The Bertz CT molecular complexity index is 786. The zero-order chi connectivity index (χ0) is 17.8. The molecule has 1 aromatic heterocycles. The van der Waals surface area contributed by atoms with E-state index in [1.807, 2.05) is 5.38 Å². The Balaban J connectivity index is 1.73. The van der Waals surface area contributed by atoms with Crippen LogP contribution in [0.2, 0.25) is 0 Å². The number of nitrogens with one attached hydrogen (secondary N) is 2. The zero-order valence-electron chi connectivity index (χ0n) is 14.2. The molecule has 8 heteroatoms. The monoisotopic (exact) mass is 360 g/mol. The van der Waals surface area contributed by atoms with Crippen LogP contribution in [0.25, 0.3) is 0 Å². The molecule has 132 valence electrons. The molecule has 0 saturated heterocycles. The number of amides is 2. The number of carbonyl (C=O) groups is 2. The minimum absolute atomic E-state index is 0.0424. The summed E-state index contributed by atoms with van der Waals surface area (Å²) in [5.41, 5.74) is 1.68. The van der Waals surface area contributed by atoms with Crippen LogP contribution in [0.5, 0.6) is 5.75 Å². The van der Waals surface area contributed by atoms with Crippen LogP contribution in [0.1, 0.15) is 29.9 Å². The molecule has 2 N–H and O–H groups in total. The molecule has 0 bridgehead atoms. The molecule has 3 rings (SSSR count).